The molecule has 5 heteroatoms. The van der Waals surface area contributed by atoms with Gasteiger partial charge in [0, 0.05) is 5.92 Å². The highest BCUT2D eigenvalue weighted by Gasteiger charge is 2.30. The number of hydrogen-bond donors (Lipinski definition) is 1. The van der Waals surface area contributed by atoms with Crippen LogP contribution in [-0.2, 0) is 27.3 Å². The molecular weight excluding hydrogens is 643 g/mol. The quantitative estimate of drug-likeness (QED) is 0.0666. The topological polar surface area (TPSA) is 64.6 Å². The van der Waals surface area contributed by atoms with Gasteiger partial charge in [-0.15, -0.1) is 0 Å². The van der Waals surface area contributed by atoms with Gasteiger partial charge in [0.15, 0.2) is 0 Å². The summed E-state index contributed by atoms with van der Waals surface area (Å²) >= 11 is 0. The zero-order valence-electron chi connectivity index (χ0n) is 32.6. The molecule has 1 aliphatic carbocycles. The summed E-state index contributed by atoms with van der Waals surface area (Å²) in [5.41, 5.74) is 6.94. The van der Waals surface area contributed by atoms with E-state index in [2.05, 4.69) is 48.6 Å². The van der Waals surface area contributed by atoms with Crippen molar-refractivity contribution in [2.45, 2.75) is 161 Å². The SMILES string of the molecule is CCCCCCCCCCCCCCCCCCCc1ccc(COC(=O)[C@H](CC(C)C)NC(=O)OCC2c3ccccc3-c3ccccc32)cc1. The lowest BCUT2D eigenvalue weighted by Crippen LogP contribution is -2.43. The molecule has 3 aromatic rings. The summed E-state index contributed by atoms with van der Waals surface area (Å²) in [5, 5.41) is 2.79. The fraction of sp³-hybridized carbons (Fsp3) is 0.574. The highest BCUT2D eigenvalue weighted by molar-refractivity contribution is 5.82. The number of ether oxygens (including phenoxy) is 2. The van der Waals surface area contributed by atoms with Gasteiger partial charge in [-0.2, -0.15) is 0 Å². The summed E-state index contributed by atoms with van der Waals surface area (Å²) in [4.78, 5) is 26.1. The first-order valence-corrected chi connectivity index (χ1v) is 20.8. The highest BCUT2D eigenvalue weighted by Crippen LogP contribution is 2.44. The van der Waals surface area contributed by atoms with Crippen LogP contribution >= 0.6 is 0 Å². The van der Waals surface area contributed by atoms with Crippen LogP contribution in [-0.4, -0.2) is 24.7 Å². The maximum absolute atomic E-state index is 13.1. The average Bonchev–Trinajstić information content (AvgIpc) is 3.47. The predicted molar refractivity (Wildman–Crippen MR) is 216 cm³/mol. The van der Waals surface area contributed by atoms with Crippen LogP contribution < -0.4 is 5.32 Å². The van der Waals surface area contributed by atoms with Gasteiger partial charge in [-0.3, -0.25) is 0 Å². The molecular formula is C47H67NO4. The standard InChI is InChI=1S/C47H67NO4/c1-4-5-6-7-8-9-10-11-12-13-14-15-16-17-18-19-20-25-38-30-32-39(33-31-38)35-51-46(49)45(34-37(2)3)48-47(50)52-36-44-42-28-23-21-26-40(42)41-27-22-24-29-43(41)44/h21-24,26-33,37,44-45H,4-20,25,34-36H2,1-3H3,(H,48,50)/t45-/m0/s1. The van der Waals surface area contributed by atoms with E-state index < -0.39 is 18.1 Å². The van der Waals surface area contributed by atoms with Crippen LogP contribution in [0.2, 0.25) is 0 Å². The number of nitrogens with one attached hydrogen (secondary N) is 1. The number of carbonyl (C=O) groups excluding carboxylic acids is 2. The van der Waals surface area contributed by atoms with Crippen LogP contribution in [0, 0.1) is 5.92 Å². The van der Waals surface area contributed by atoms with E-state index >= 15 is 0 Å². The van der Waals surface area contributed by atoms with Gasteiger partial charge in [0.2, 0.25) is 0 Å². The summed E-state index contributed by atoms with van der Waals surface area (Å²) in [6, 6.07) is 24.1. The molecule has 0 aliphatic heterocycles. The van der Waals surface area contributed by atoms with Crippen molar-refractivity contribution >= 4 is 12.1 Å². The Morgan fingerprint density at radius 1 is 0.596 bits per heavy atom. The van der Waals surface area contributed by atoms with Crippen molar-refractivity contribution in [2.75, 3.05) is 6.61 Å². The number of carbonyl (C=O) groups is 2. The normalized spacial score (nSPS) is 12.8. The second kappa shape index (κ2) is 23.9. The Morgan fingerprint density at radius 3 is 1.56 bits per heavy atom. The fourth-order valence-electron chi connectivity index (χ4n) is 7.58. The first-order chi connectivity index (χ1) is 25.5. The molecule has 0 aromatic heterocycles. The summed E-state index contributed by atoms with van der Waals surface area (Å²) in [6.07, 6.45) is 24.5. The minimum absolute atomic E-state index is 0.0365. The number of unbranched alkanes of at least 4 members (excludes halogenated alkanes) is 16. The van der Waals surface area contributed by atoms with Crippen molar-refractivity contribution in [1.29, 1.82) is 0 Å². The van der Waals surface area contributed by atoms with Crippen molar-refractivity contribution in [2.24, 2.45) is 5.92 Å². The van der Waals surface area contributed by atoms with Gasteiger partial charge in [-0.05, 0) is 58.6 Å². The van der Waals surface area contributed by atoms with Crippen molar-refractivity contribution in [3.8, 4) is 11.1 Å². The molecule has 4 rings (SSSR count). The van der Waals surface area contributed by atoms with Gasteiger partial charge < -0.3 is 14.8 Å². The minimum Gasteiger partial charge on any atom is -0.459 e. The van der Waals surface area contributed by atoms with E-state index in [0.29, 0.717) is 6.42 Å². The number of aryl methyl sites for hydroxylation is 1. The van der Waals surface area contributed by atoms with Crippen molar-refractivity contribution in [3.05, 3.63) is 95.1 Å². The summed E-state index contributed by atoms with van der Waals surface area (Å²) < 4.78 is 11.4. The maximum Gasteiger partial charge on any atom is 0.407 e. The third kappa shape index (κ3) is 14.4. The number of esters is 1. The third-order valence-corrected chi connectivity index (χ3v) is 10.6. The van der Waals surface area contributed by atoms with Gasteiger partial charge in [0.1, 0.15) is 19.3 Å². The number of rotatable bonds is 26. The Morgan fingerprint density at radius 2 is 1.06 bits per heavy atom. The smallest absolute Gasteiger partial charge is 0.407 e. The van der Waals surface area contributed by atoms with Crippen molar-refractivity contribution < 1.29 is 19.1 Å². The molecule has 52 heavy (non-hydrogen) atoms. The Balaban J connectivity index is 1.06. The summed E-state index contributed by atoms with van der Waals surface area (Å²) in [5.74, 6) is -0.277. The number of hydrogen-bond acceptors (Lipinski definition) is 4. The largest absolute Gasteiger partial charge is 0.459 e. The molecule has 1 atom stereocenters. The van der Waals surface area contributed by atoms with Crippen LogP contribution in [0.3, 0.4) is 0 Å². The van der Waals surface area contributed by atoms with Crippen LogP contribution in [0.4, 0.5) is 4.79 Å². The second-order valence-corrected chi connectivity index (χ2v) is 15.5. The summed E-state index contributed by atoms with van der Waals surface area (Å²) in [7, 11) is 0. The first-order valence-electron chi connectivity index (χ1n) is 20.8. The van der Waals surface area contributed by atoms with Crippen molar-refractivity contribution in [3.63, 3.8) is 0 Å². The average molecular weight is 710 g/mol. The number of benzene rings is 3. The molecule has 0 radical (unpaired) electrons. The first kappa shape index (κ1) is 41.2. The molecule has 3 aromatic carbocycles. The Bertz CT molecular complexity index is 1400. The van der Waals surface area contributed by atoms with E-state index in [0.717, 1.165) is 23.1 Å². The van der Waals surface area contributed by atoms with Gasteiger partial charge in [-0.25, -0.2) is 9.59 Å². The molecule has 0 spiro atoms. The van der Waals surface area contributed by atoms with E-state index in [1.807, 2.05) is 50.2 Å². The predicted octanol–water partition coefficient (Wildman–Crippen LogP) is 12.9. The van der Waals surface area contributed by atoms with Crippen LogP contribution in [0.25, 0.3) is 11.1 Å². The molecule has 1 amide bonds. The van der Waals surface area contributed by atoms with E-state index in [1.54, 1.807) is 0 Å². The monoisotopic (exact) mass is 710 g/mol. The fourth-order valence-corrected chi connectivity index (χ4v) is 7.58. The van der Waals surface area contributed by atoms with Crippen LogP contribution in [0.15, 0.2) is 72.8 Å². The van der Waals surface area contributed by atoms with Crippen molar-refractivity contribution in [1.82, 2.24) is 5.32 Å². The lowest BCUT2D eigenvalue weighted by Gasteiger charge is -2.20. The lowest BCUT2D eigenvalue weighted by molar-refractivity contribution is -0.147. The van der Waals surface area contributed by atoms with E-state index in [9.17, 15) is 9.59 Å². The Kier molecular flexibility index (Phi) is 18.9. The molecule has 0 bridgehead atoms. The van der Waals surface area contributed by atoms with Crippen LogP contribution in [0.5, 0.6) is 0 Å². The lowest BCUT2D eigenvalue weighted by atomic mass is 9.98. The van der Waals surface area contributed by atoms with Gasteiger partial charge >= 0.3 is 12.1 Å². The number of fused-ring (bicyclic) bond motifs is 3. The molecule has 5 nitrogen and oxygen atoms in total. The molecule has 1 aliphatic rings. The van der Waals surface area contributed by atoms with Gasteiger partial charge in [-0.1, -0.05) is 196 Å². The third-order valence-electron chi connectivity index (χ3n) is 10.6. The van der Waals surface area contributed by atoms with E-state index in [-0.39, 0.29) is 25.0 Å². The minimum atomic E-state index is -0.769. The second-order valence-electron chi connectivity index (χ2n) is 15.5. The molecule has 0 heterocycles. The molecule has 0 saturated carbocycles. The molecule has 0 saturated heterocycles. The molecule has 0 unspecified atom stereocenters. The van der Waals surface area contributed by atoms with Gasteiger partial charge in [0.05, 0.1) is 0 Å². The maximum atomic E-state index is 13.1. The Labute approximate surface area is 315 Å². The van der Waals surface area contributed by atoms with Crippen LogP contribution in [0.1, 0.15) is 165 Å². The Hall–Kier alpha value is -3.60. The zero-order chi connectivity index (χ0) is 36.8. The highest BCUT2D eigenvalue weighted by atomic mass is 16.6. The zero-order valence-corrected chi connectivity index (χ0v) is 32.6. The molecule has 1 N–H and O–H groups in total. The van der Waals surface area contributed by atoms with E-state index in [4.69, 9.17) is 9.47 Å². The van der Waals surface area contributed by atoms with E-state index in [1.165, 1.54) is 126 Å². The summed E-state index contributed by atoms with van der Waals surface area (Å²) in [6.45, 7) is 6.72. The number of amides is 1. The number of alkyl carbamates (subject to hydrolysis) is 1. The molecule has 0 fully saturated rings. The van der Waals surface area contributed by atoms with Gasteiger partial charge in [0.25, 0.3) is 0 Å². The molecule has 284 valence electrons.